The molecule has 8 nitrogen and oxygen atoms in total. The third-order valence-electron chi connectivity index (χ3n) is 5.48. The fourth-order valence-electron chi connectivity index (χ4n) is 3.83. The van der Waals surface area contributed by atoms with Crippen molar-refractivity contribution in [3.63, 3.8) is 0 Å². The van der Waals surface area contributed by atoms with E-state index in [0.29, 0.717) is 44.0 Å². The lowest BCUT2D eigenvalue weighted by Crippen LogP contribution is -2.53. The van der Waals surface area contributed by atoms with Crippen LogP contribution in [0.25, 0.3) is 0 Å². The average Bonchev–Trinajstić information content (AvgIpc) is 2.69. The molecule has 0 spiro atoms. The van der Waals surface area contributed by atoms with Crippen LogP contribution >= 0.6 is 0 Å². The number of hydrogen-bond donors (Lipinski definition) is 1. The summed E-state index contributed by atoms with van der Waals surface area (Å²) in [5.41, 5.74) is 0.751. The molecule has 1 aromatic carbocycles. The quantitative estimate of drug-likeness (QED) is 0.796. The van der Waals surface area contributed by atoms with Crippen molar-refractivity contribution in [2.75, 3.05) is 31.1 Å². The number of piperidine rings is 1. The Balaban J connectivity index is 1.55. The number of rotatable bonds is 5. The van der Waals surface area contributed by atoms with Crippen molar-refractivity contribution in [1.82, 2.24) is 10.2 Å². The van der Waals surface area contributed by atoms with Gasteiger partial charge in [-0.3, -0.25) is 9.59 Å². The molecule has 30 heavy (non-hydrogen) atoms. The highest BCUT2D eigenvalue weighted by Gasteiger charge is 2.41. The van der Waals surface area contributed by atoms with Crippen LogP contribution in [-0.2, 0) is 14.3 Å². The van der Waals surface area contributed by atoms with Crippen LogP contribution < -0.4 is 15.0 Å². The van der Waals surface area contributed by atoms with E-state index < -0.39 is 5.60 Å². The minimum Gasteiger partial charge on any atom is -0.476 e. The summed E-state index contributed by atoms with van der Waals surface area (Å²) in [4.78, 5) is 40.5. The summed E-state index contributed by atoms with van der Waals surface area (Å²) in [5, 5.41) is 3.03. The predicted octanol–water partition coefficient (Wildman–Crippen LogP) is 2.63. The van der Waals surface area contributed by atoms with Gasteiger partial charge in [-0.15, -0.1) is 0 Å². The first kappa shape index (κ1) is 21.9. The van der Waals surface area contributed by atoms with Crippen LogP contribution in [0, 0.1) is 6.92 Å². The third kappa shape index (κ3) is 4.86. The molecule has 2 aliphatic heterocycles. The number of likely N-dealkylation sites (tertiary alicyclic amines) is 1. The molecular weight excluding hydrogens is 386 g/mol. The Bertz CT molecular complexity index is 815. The van der Waals surface area contributed by atoms with E-state index in [4.69, 9.17) is 9.47 Å². The van der Waals surface area contributed by atoms with Gasteiger partial charge >= 0.3 is 6.09 Å². The topological polar surface area (TPSA) is 88.2 Å². The largest absolute Gasteiger partial charge is 0.476 e. The maximum absolute atomic E-state index is 12.9. The van der Waals surface area contributed by atoms with Crippen molar-refractivity contribution < 1.29 is 23.9 Å². The highest BCUT2D eigenvalue weighted by molar-refractivity contribution is 6.02. The van der Waals surface area contributed by atoms with Gasteiger partial charge in [0.1, 0.15) is 5.75 Å². The number of anilines is 1. The number of nitrogens with one attached hydrogen (secondary N) is 1. The van der Waals surface area contributed by atoms with Gasteiger partial charge in [0, 0.05) is 32.1 Å². The summed E-state index contributed by atoms with van der Waals surface area (Å²) in [7, 11) is 0. The van der Waals surface area contributed by atoms with Gasteiger partial charge in [-0.1, -0.05) is 6.07 Å². The molecule has 0 bridgehead atoms. The summed E-state index contributed by atoms with van der Waals surface area (Å²) < 4.78 is 10.9. The molecule has 1 fully saturated rings. The van der Waals surface area contributed by atoms with Crippen LogP contribution in [0.4, 0.5) is 10.5 Å². The first-order valence-corrected chi connectivity index (χ1v) is 10.5. The van der Waals surface area contributed by atoms with Crippen LogP contribution in [-0.4, -0.2) is 60.7 Å². The molecule has 0 atom stereocenters. The number of carbonyl (C=O) groups excluding carboxylic acids is 3. The highest BCUT2D eigenvalue weighted by atomic mass is 16.6. The van der Waals surface area contributed by atoms with Gasteiger partial charge in [-0.05, 0) is 58.2 Å². The zero-order valence-electron chi connectivity index (χ0n) is 18.2. The number of ether oxygens (including phenoxy) is 2. The van der Waals surface area contributed by atoms with Crippen molar-refractivity contribution in [3.8, 4) is 5.75 Å². The van der Waals surface area contributed by atoms with E-state index in [2.05, 4.69) is 5.32 Å². The summed E-state index contributed by atoms with van der Waals surface area (Å²) in [6, 6.07) is 5.74. The molecule has 1 saturated heterocycles. The molecule has 2 heterocycles. The molecule has 0 saturated carbocycles. The Kier molecular flexibility index (Phi) is 6.53. The van der Waals surface area contributed by atoms with Crippen molar-refractivity contribution in [2.45, 2.75) is 58.6 Å². The van der Waals surface area contributed by atoms with Crippen molar-refractivity contribution >= 4 is 23.6 Å². The summed E-state index contributed by atoms with van der Waals surface area (Å²) in [6.07, 6.45) is 1.28. The van der Waals surface area contributed by atoms with Gasteiger partial charge in [-0.25, -0.2) is 4.79 Å². The van der Waals surface area contributed by atoms with Crippen molar-refractivity contribution in [2.24, 2.45) is 0 Å². The number of aryl methyl sites for hydroxylation is 1. The number of fused-ring (bicyclic) bond motifs is 1. The molecule has 2 aliphatic rings. The molecule has 0 aromatic heterocycles. The number of nitrogens with zero attached hydrogens (tertiary/aromatic N) is 2. The standard InChI is InChI=1S/C22H31N3O5/c1-5-29-21(28)24-11-8-16(9-12-24)23-19(26)10-13-25-17-14-15(2)6-7-18(17)30-22(3,4)20(25)27/h6-7,14,16H,5,8-13H2,1-4H3,(H,23,26). The molecule has 1 aromatic rings. The zero-order chi connectivity index (χ0) is 21.9. The van der Waals surface area contributed by atoms with Crippen molar-refractivity contribution in [3.05, 3.63) is 23.8 Å². The number of hydrogen-bond acceptors (Lipinski definition) is 5. The SMILES string of the molecule is CCOC(=O)N1CCC(NC(=O)CCN2C(=O)C(C)(C)Oc3ccc(C)cc32)CC1. The summed E-state index contributed by atoms with van der Waals surface area (Å²) in [5.74, 6) is 0.393. The number of carbonyl (C=O) groups is 3. The second-order valence-electron chi connectivity index (χ2n) is 8.32. The van der Waals surface area contributed by atoms with E-state index in [-0.39, 0.29) is 36.9 Å². The van der Waals surface area contributed by atoms with Crippen molar-refractivity contribution in [1.29, 1.82) is 0 Å². The van der Waals surface area contributed by atoms with E-state index in [1.807, 2.05) is 25.1 Å². The van der Waals surface area contributed by atoms with E-state index >= 15 is 0 Å². The zero-order valence-corrected chi connectivity index (χ0v) is 18.2. The molecule has 3 amide bonds. The maximum Gasteiger partial charge on any atom is 0.409 e. The van der Waals surface area contributed by atoms with Gasteiger partial charge in [0.2, 0.25) is 5.91 Å². The lowest BCUT2D eigenvalue weighted by atomic mass is 10.0. The molecule has 8 heteroatoms. The van der Waals surface area contributed by atoms with Gasteiger partial charge in [0.05, 0.1) is 12.3 Å². The Hall–Kier alpha value is -2.77. The normalized spacial score (nSPS) is 18.5. The summed E-state index contributed by atoms with van der Waals surface area (Å²) in [6.45, 7) is 8.98. The van der Waals surface area contributed by atoms with Gasteiger partial charge in [0.15, 0.2) is 5.60 Å². The van der Waals surface area contributed by atoms with Crippen LogP contribution in [0.3, 0.4) is 0 Å². The lowest BCUT2D eigenvalue weighted by molar-refractivity contribution is -0.132. The van der Waals surface area contributed by atoms with E-state index in [1.54, 1.807) is 30.6 Å². The Labute approximate surface area is 177 Å². The van der Waals surface area contributed by atoms with Crippen LogP contribution in [0.15, 0.2) is 18.2 Å². The van der Waals surface area contributed by atoms with Crippen LogP contribution in [0.2, 0.25) is 0 Å². The molecule has 0 aliphatic carbocycles. The predicted molar refractivity (Wildman–Crippen MR) is 113 cm³/mol. The molecular formula is C22H31N3O5. The smallest absolute Gasteiger partial charge is 0.409 e. The van der Waals surface area contributed by atoms with E-state index in [0.717, 1.165) is 5.56 Å². The molecule has 0 unspecified atom stereocenters. The second-order valence-corrected chi connectivity index (χ2v) is 8.32. The summed E-state index contributed by atoms with van der Waals surface area (Å²) >= 11 is 0. The Morgan fingerprint density at radius 3 is 2.63 bits per heavy atom. The van der Waals surface area contributed by atoms with Gasteiger partial charge in [0.25, 0.3) is 5.91 Å². The third-order valence-corrected chi connectivity index (χ3v) is 5.48. The van der Waals surface area contributed by atoms with E-state index in [9.17, 15) is 14.4 Å². The van der Waals surface area contributed by atoms with Crippen LogP contribution in [0.5, 0.6) is 5.75 Å². The minimum absolute atomic E-state index is 0.0227. The molecule has 0 radical (unpaired) electrons. The fraction of sp³-hybridized carbons (Fsp3) is 0.591. The molecule has 1 N–H and O–H groups in total. The first-order valence-electron chi connectivity index (χ1n) is 10.5. The first-order chi connectivity index (χ1) is 14.2. The number of amides is 3. The average molecular weight is 418 g/mol. The minimum atomic E-state index is -0.974. The maximum atomic E-state index is 12.9. The highest BCUT2D eigenvalue weighted by Crippen LogP contribution is 2.38. The Morgan fingerprint density at radius 2 is 1.97 bits per heavy atom. The molecule has 164 valence electrons. The lowest BCUT2D eigenvalue weighted by Gasteiger charge is -2.39. The van der Waals surface area contributed by atoms with Crippen LogP contribution in [0.1, 0.15) is 45.6 Å². The molecule has 3 rings (SSSR count). The van der Waals surface area contributed by atoms with Gasteiger partial charge in [-0.2, -0.15) is 0 Å². The van der Waals surface area contributed by atoms with Gasteiger partial charge < -0.3 is 24.6 Å². The fourth-order valence-corrected chi connectivity index (χ4v) is 3.83. The number of benzene rings is 1. The second kappa shape index (κ2) is 8.93. The monoisotopic (exact) mass is 417 g/mol. The van der Waals surface area contributed by atoms with E-state index in [1.165, 1.54) is 0 Å². The Morgan fingerprint density at radius 1 is 1.27 bits per heavy atom.